The molecule has 2 N–H and O–H groups in total. The fourth-order valence-electron chi connectivity index (χ4n) is 10.8. The van der Waals surface area contributed by atoms with Crippen LogP contribution in [0, 0.1) is 56.7 Å². The second-order valence-corrected chi connectivity index (χ2v) is 14.4. The summed E-state index contributed by atoms with van der Waals surface area (Å²) in [6.07, 6.45) is 8.46. The lowest BCUT2D eigenvalue weighted by Gasteiger charge is -2.71. The molecule has 5 aliphatic rings. The minimum Gasteiger partial charge on any atom is -0.481 e. The van der Waals surface area contributed by atoms with Crippen LogP contribution in [0.2, 0.25) is 0 Å². The standard InChI is InChI=1S/C30H46O4/c1-17-10-13-30(25(33)34)15-14-28(6)19(23(30)18(17)2)8-9-21-27(5)12-11-22(32)26(3,4)24(27)20(31)16-29(21,28)7/h8,17-18,20-21,23-24,31H,9-16H2,1-7H3,(H,33,34)/t17-,18+,20-,21-,23+,24+,27-,28-,29-,30+/m1/s1. The maximum absolute atomic E-state index is 12.9. The van der Waals surface area contributed by atoms with Gasteiger partial charge in [-0.15, -0.1) is 0 Å². The van der Waals surface area contributed by atoms with Crippen molar-refractivity contribution < 1.29 is 19.8 Å². The van der Waals surface area contributed by atoms with E-state index in [2.05, 4.69) is 54.5 Å². The van der Waals surface area contributed by atoms with Gasteiger partial charge in [-0.1, -0.05) is 60.1 Å². The van der Waals surface area contributed by atoms with Gasteiger partial charge in [0.25, 0.3) is 0 Å². The third kappa shape index (κ3) is 2.70. The number of aliphatic hydroxyl groups is 1. The van der Waals surface area contributed by atoms with Gasteiger partial charge < -0.3 is 10.2 Å². The first-order chi connectivity index (χ1) is 15.7. The number of Topliss-reactive ketones (excluding diaryl/α,β-unsaturated/α-hetero) is 1. The van der Waals surface area contributed by atoms with Gasteiger partial charge in [-0.25, -0.2) is 0 Å². The molecule has 0 aromatic heterocycles. The molecule has 4 saturated carbocycles. The van der Waals surface area contributed by atoms with Gasteiger partial charge in [0, 0.05) is 17.8 Å². The lowest BCUT2D eigenvalue weighted by atomic mass is 9.33. The summed E-state index contributed by atoms with van der Waals surface area (Å²) in [5, 5.41) is 22.3. The van der Waals surface area contributed by atoms with E-state index in [1.165, 1.54) is 5.57 Å². The van der Waals surface area contributed by atoms with Crippen LogP contribution in [-0.2, 0) is 9.59 Å². The quantitative estimate of drug-likeness (QED) is 0.443. The molecule has 0 aromatic carbocycles. The smallest absolute Gasteiger partial charge is 0.310 e. The first-order valence-electron chi connectivity index (χ1n) is 13.8. The molecule has 0 bridgehead atoms. The maximum Gasteiger partial charge on any atom is 0.310 e. The van der Waals surface area contributed by atoms with E-state index >= 15 is 0 Å². The lowest BCUT2D eigenvalue weighted by molar-refractivity contribution is -0.221. The zero-order chi connectivity index (χ0) is 25.1. The van der Waals surface area contributed by atoms with Crippen molar-refractivity contribution in [2.45, 2.75) is 106 Å². The van der Waals surface area contributed by atoms with E-state index in [1.807, 2.05) is 0 Å². The van der Waals surface area contributed by atoms with Crippen molar-refractivity contribution >= 4 is 11.8 Å². The molecule has 10 atom stereocenters. The Morgan fingerprint density at radius 3 is 2.35 bits per heavy atom. The Hall–Kier alpha value is -1.16. The number of fused-ring (bicyclic) bond motifs is 7. The zero-order valence-electron chi connectivity index (χ0n) is 22.4. The SMILES string of the molecule is C[C@H]1[C@H](C)CC[C@]2(C(=O)O)CC[C@]3(C)C(=CC[C@@H]4[C@@]5(C)CCC(=O)C(C)(C)[C@@H]5[C@H](O)C[C@]43C)[C@H]12. The summed E-state index contributed by atoms with van der Waals surface area (Å²) in [7, 11) is 0. The largest absolute Gasteiger partial charge is 0.481 e. The van der Waals surface area contributed by atoms with E-state index in [0.29, 0.717) is 36.4 Å². The van der Waals surface area contributed by atoms with Crippen molar-refractivity contribution in [2.75, 3.05) is 0 Å². The third-order valence-corrected chi connectivity index (χ3v) is 13.0. The molecule has 0 aromatic rings. The average molecular weight is 471 g/mol. The summed E-state index contributed by atoms with van der Waals surface area (Å²) in [6, 6.07) is 0. The zero-order valence-corrected chi connectivity index (χ0v) is 22.4. The summed E-state index contributed by atoms with van der Waals surface area (Å²) in [6.45, 7) is 15.9. The summed E-state index contributed by atoms with van der Waals surface area (Å²) in [5.74, 6) is 1.02. The third-order valence-electron chi connectivity index (χ3n) is 13.0. The minimum atomic E-state index is -0.639. The second-order valence-electron chi connectivity index (χ2n) is 14.4. The number of carbonyl (C=O) groups excluding carboxylic acids is 1. The molecule has 190 valence electrons. The molecular weight excluding hydrogens is 424 g/mol. The van der Waals surface area contributed by atoms with Crippen LogP contribution >= 0.6 is 0 Å². The summed E-state index contributed by atoms with van der Waals surface area (Å²) in [5.41, 5.74) is -0.0772. The van der Waals surface area contributed by atoms with Crippen LogP contribution in [0.15, 0.2) is 11.6 Å². The number of carboxylic acid groups (broad SMARTS) is 1. The number of allylic oxidation sites excluding steroid dienone is 2. The predicted molar refractivity (Wildman–Crippen MR) is 133 cm³/mol. The molecule has 5 rings (SSSR count). The topological polar surface area (TPSA) is 74.6 Å². The molecule has 34 heavy (non-hydrogen) atoms. The number of aliphatic hydroxyl groups excluding tert-OH is 1. The summed E-state index contributed by atoms with van der Waals surface area (Å²) in [4.78, 5) is 25.7. The number of hydrogen-bond donors (Lipinski definition) is 2. The van der Waals surface area contributed by atoms with Crippen molar-refractivity contribution in [1.29, 1.82) is 0 Å². The van der Waals surface area contributed by atoms with Gasteiger partial charge in [0.15, 0.2) is 0 Å². The Morgan fingerprint density at radius 2 is 1.71 bits per heavy atom. The first-order valence-corrected chi connectivity index (χ1v) is 13.8. The maximum atomic E-state index is 12.9. The van der Waals surface area contributed by atoms with Gasteiger partial charge in [0.05, 0.1) is 11.5 Å². The molecule has 0 unspecified atom stereocenters. The van der Waals surface area contributed by atoms with Crippen molar-refractivity contribution in [1.82, 2.24) is 0 Å². The molecular formula is C30H46O4. The van der Waals surface area contributed by atoms with Crippen molar-refractivity contribution in [3.05, 3.63) is 11.6 Å². The predicted octanol–water partition coefficient (Wildman–Crippen LogP) is 6.27. The van der Waals surface area contributed by atoms with Crippen LogP contribution in [0.5, 0.6) is 0 Å². The Bertz CT molecular complexity index is 949. The molecule has 4 heteroatoms. The van der Waals surface area contributed by atoms with Crippen LogP contribution in [0.3, 0.4) is 0 Å². The van der Waals surface area contributed by atoms with E-state index in [1.54, 1.807) is 0 Å². The van der Waals surface area contributed by atoms with E-state index < -0.39 is 22.9 Å². The Morgan fingerprint density at radius 1 is 1.03 bits per heavy atom. The fraction of sp³-hybridized carbons (Fsp3) is 0.867. The van der Waals surface area contributed by atoms with Crippen molar-refractivity contribution in [3.8, 4) is 0 Å². The monoisotopic (exact) mass is 470 g/mol. The normalized spacial score (nSPS) is 54.1. The van der Waals surface area contributed by atoms with Crippen LogP contribution < -0.4 is 0 Å². The van der Waals surface area contributed by atoms with Gasteiger partial charge in [0.1, 0.15) is 5.78 Å². The molecule has 0 heterocycles. The van der Waals surface area contributed by atoms with Crippen LogP contribution in [-0.4, -0.2) is 28.1 Å². The van der Waals surface area contributed by atoms with Crippen LogP contribution in [0.1, 0.15) is 99.8 Å². The molecule has 0 radical (unpaired) electrons. The highest BCUT2D eigenvalue weighted by atomic mass is 16.4. The summed E-state index contributed by atoms with van der Waals surface area (Å²) < 4.78 is 0. The molecule has 4 fully saturated rings. The highest BCUT2D eigenvalue weighted by Gasteiger charge is 2.71. The average Bonchev–Trinajstić information content (AvgIpc) is 2.73. The van der Waals surface area contributed by atoms with E-state index in [0.717, 1.165) is 38.5 Å². The summed E-state index contributed by atoms with van der Waals surface area (Å²) >= 11 is 0. The van der Waals surface area contributed by atoms with Gasteiger partial charge in [0.2, 0.25) is 0 Å². The second kappa shape index (κ2) is 7.20. The Kier molecular flexibility index (Phi) is 5.20. The fourth-order valence-corrected chi connectivity index (χ4v) is 10.8. The van der Waals surface area contributed by atoms with Gasteiger partial charge in [-0.2, -0.15) is 0 Å². The number of hydrogen-bond acceptors (Lipinski definition) is 3. The number of ketones is 1. The Labute approximate surface area is 206 Å². The lowest BCUT2D eigenvalue weighted by Crippen LogP contribution is -2.68. The number of carbonyl (C=O) groups is 2. The van der Waals surface area contributed by atoms with Gasteiger partial charge in [-0.3, -0.25) is 9.59 Å². The van der Waals surface area contributed by atoms with E-state index in [9.17, 15) is 19.8 Å². The highest BCUT2D eigenvalue weighted by molar-refractivity contribution is 5.85. The van der Waals surface area contributed by atoms with E-state index in [4.69, 9.17) is 0 Å². The van der Waals surface area contributed by atoms with Crippen molar-refractivity contribution in [3.63, 3.8) is 0 Å². The molecule has 5 aliphatic carbocycles. The molecule has 0 saturated heterocycles. The molecule has 0 amide bonds. The highest BCUT2D eigenvalue weighted by Crippen LogP contribution is 2.75. The molecule has 0 spiro atoms. The minimum absolute atomic E-state index is 0.0202. The van der Waals surface area contributed by atoms with E-state index in [-0.39, 0.29) is 28.1 Å². The number of rotatable bonds is 1. The Balaban J connectivity index is 1.65. The van der Waals surface area contributed by atoms with Crippen LogP contribution in [0.25, 0.3) is 0 Å². The van der Waals surface area contributed by atoms with Gasteiger partial charge >= 0.3 is 5.97 Å². The van der Waals surface area contributed by atoms with Gasteiger partial charge in [-0.05, 0) is 84.9 Å². The van der Waals surface area contributed by atoms with Crippen molar-refractivity contribution in [2.24, 2.45) is 56.7 Å². The first kappa shape index (κ1) is 24.5. The van der Waals surface area contributed by atoms with Crippen LogP contribution in [0.4, 0.5) is 0 Å². The molecule has 4 nitrogen and oxygen atoms in total. The molecule has 0 aliphatic heterocycles. The number of carboxylic acids is 1. The number of aliphatic carboxylic acids is 1.